The van der Waals surface area contributed by atoms with Crippen molar-refractivity contribution in [3.05, 3.63) is 34.2 Å². The number of rotatable bonds is 5. The maximum Gasteiger partial charge on any atom is 0.267 e. The Balaban J connectivity index is 2.50. The third-order valence-corrected chi connectivity index (χ3v) is 2.25. The highest BCUT2D eigenvalue weighted by atomic mass is 16.3. The molecule has 5 heteroatoms. The second kappa shape index (κ2) is 6.07. The molecule has 1 aromatic heterocycles. The Morgan fingerprint density at radius 2 is 2.31 bits per heavy atom. The van der Waals surface area contributed by atoms with Crippen molar-refractivity contribution in [3.63, 3.8) is 0 Å². The Kier molecular flexibility index (Phi) is 4.72. The number of H-pyrrole nitrogens is 1. The molecule has 1 atom stereocenters. The minimum atomic E-state index is -0.303. The average molecular weight is 224 g/mol. The fourth-order valence-corrected chi connectivity index (χ4v) is 1.26. The van der Waals surface area contributed by atoms with E-state index in [1.165, 1.54) is 12.1 Å². The summed E-state index contributed by atoms with van der Waals surface area (Å²) >= 11 is 0. The molecule has 0 bridgehead atoms. The van der Waals surface area contributed by atoms with Gasteiger partial charge in [-0.2, -0.15) is 0 Å². The molecule has 1 aromatic rings. The normalized spacial score (nSPS) is 12.1. The van der Waals surface area contributed by atoms with E-state index in [2.05, 4.69) is 10.3 Å². The monoisotopic (exact) mass is 224 g/mol. The minimum absolute atomic E-state index is 0.110. The lowest BCUT2D eigenvalue weighted by Crippen LogP contribution is -2.30. The largest absolute Gasteiger partial charge is 0.396 e. The van der Waals surface area contributed by atoms with Gasteiger partial charge in [-0.15, -0.1) is 0 Å². The van der Waals surface area contributed by atoms with Crippen LogP contribution in [0.2, 0.25) is 0 Å². The molecule has 1 amide bonds. The first-order valence-electron chi connectivity index (χ1n) is 5.22. The molecule has 1 rings (SSSR count). The maximum absolute atomic E-state index is 11.6. The highest BCUT2D eigenvalue weighted by Gasteiger charge is 2.07. The Hall–Kier alpha value is -1.62. The number of hydrogen-bond donors (Lipinski definition) is 3. The molecule has 0 spiro atoms. The Bertz CT molecular complexity index is 400. The van der Waals surface area contributed by atoms with Crippen LogP contribution in [-0.2, 0) is 0 Å². The van der Waals surface area contributed by atoms with Crippen molar-refractivity contribution in [3.8, 4) is 0 Å². The summed E-state index contributed by atoms with van der Waals surface area (Å²) in [5.74, 6) is -0.0909. The lowest BCUT2D eigenvalue weighted by Gasteiger charge is -2.10. The topological polar surface area (TPSA) is 82.2 Å². The van der Waals surface area contributed by atoms with Gasteiger partial charge in [0, 0.05) is 19.2 Å². The van der Waals surface area contributed by atoms with E-state index in [-0.39, 0.29) is 29.7 Å². The van der Waals surface area contributed by atoms with Crippen LogP contribution in [0.5, 0.6) is 0 Å². The van der Waals surface area contributed by atoms with Gasteiger partial charge in [-0.3, -0.25) is 9.59 Å². The Labute approximate surface area is 93.5 Å². The molecular formula is C11H16N2O3. The molecule has 3 N–H and O–H groups in total. The lowest BCUT2D eigenvalue weighted by molar-refractivity contribution is 0.0940. The summed E-state index contributed by atoms with van der Waals surface area (Å²) < 4.78 is 0. The molecule has 1 heterocycles. The highest BCUT2D eigenvalue weighted by Crippen LogP contribution is 1.99. The van der Waals surface area contributed by atoms with E-state index >= 15 is 0 Å². The summed E-state index contributed by atoms with van der Waals surface area (Å²) in [5.41, 5.74) is -0.0419. The van der Waals surface area contributed by atoms with Gasteiger partial charge in [0.25, 0.3) is 5.91 Å². The summed E-state index contributed by atoms with van der Waals surface area (Å²) in [5, 5.41) is 11.4. The third-order valence-electron chi connectivity index (χ3n) is 2.25. The van der Waals surface area contributed by atoms with Crippen LogP contribution in [0.15, 0.2) is 23.0 Å². The Morgan fingerprint density at radius 3 is 2.94 bits per heavy atom. The number of aliphatic hydroxyl groups excluding tert-OH is 1. The van der Waals surface area contributed by atoms with Crippen molar-refractivity contribution in [1.29, 1.82) is 0 Å². The van der Waals surface area contributed by atoms with E-state index in [1.54, 1.807) is 6.07 Å². The van der Waals surface area contributed by atoms with Crippen LogP contribution in [0.3, 0.4) is 0 Å². The van der Waals surface area contributed by atoms with Gasteiger partial charge in [-0.1, -0.05) is 13.0 Å². The fraction of sp³-hybridized carbons (Fsp3) is 0.455. The van der Waals surface area contributed by atoms with Gasteiger partial charge in [-0.05, 0) is 18.4 Å². The van der Waals surface area contributed by atoms with Crippen LogP contribution in [0.4, 0.5) is 0 Å². The molecule has 88 valence electrons. The zero-order chi connectivity index (χ0) is 12.0. The zero-order valence-electron chi connectivity index (χ0n) is 9.19. The average Bonchev–Trinajstić information content (AvgIpc) is 2.26. The number of aromatic nitrogens is 1. The van der Waals surface area contributed by atoms with Crippen molar-refractivity contribution in [1.82, 2.24) is 10.3 Å². The molecule has 0 radical (unpaired) electrons. The van der Waals surface area contributed by atoms with E-state index in [0.717, 1.165) is 0 Å². The van der Waals surface area contributed by atoms with Crippen molar-refractivity contribution < 1.29 is 9.90 Å². The molecule has 0 aliphatic rings. The van der Waals surface area contributed by atoms with Crippen LogP contribution in [0.1, 0.15) is 23.8 Å². The molecule has 0 aliphatic heterocycles. The number of amides is 1. The summed E-state index contributed by atoms with van der Waals surface area (Å²) in [6.45, 7) is 2.53. The third kappa shape index (κ3) is 3.86. The number of carbonyl (C=O) groups excluding carboxylic acids is 1. The molecular weight excluding hydrogens is 208 g/mol. The first kappa shape index (κ1) is 12.4. The van der Waals surface area contributed by atoms with E-state index < -0.39 is 0 Å². The SMILES string of the molecule is CC(CCO)CNC(=O)c1cccc(=O)[nH]1. The fourth-order valence-electron chi connectivity index (χ4n) is 1.26. The standard InChI is InChI=1S/C11H16N2O3/c1-8(5-6-14)7-12-11(16)9-3-2-4-10(15)13-9/h2-4,8,14H,5-7H2,1H3,(H,12,16)(H,13,15). The van der Waals surface area contributed by atoms with Gasteiger partial charge in [-0.25, -0.2) is 0 Å². The van der Waals surface area contributed by atoms with Gasteiger partial charge in [0.15, 0.2) is 0 Å². The molecule has 0 saturated heterocycles. The number of hydrogen-bond acceptors (Lipinski definition) is 3. The summed E-state index contributed by atoms with van der Waals surface area (Å²) in [6.07, 6.45) is 0.644. The van der Waals surface area contributed by atoms with Crippen molar-refractivity contribution >= 4 is 5.91 Å². The highest BCUT2D eigenvalue weighted by molar-refractivity contribution is 5.92. The molecule has 0 saturated carbocycles. The van der Waals surface area contributed by atoms with Gasteiger partial charge in [0.1, 0.15) is 5.69 Å². The van der Waals surface area contributed by atoms with Crippen LogP contribution < -0.4 is 10.9 Å². The predicted octanol–water partition coefficient (Wildman–Crippen LogP) is 0.123. The number of aliphatic hydroxyl groups is 1. The van der Waals surface area contributed by atoms with E-state index in [1.807, 2.05) is 6.92 Å². The first-order valence-corrected chi connectivity index (χ1v) is 5.22. The van der Waals surface area contributed by atoms with Crippen LogP contribution in [0, 0.1) is 5.92 Å². The number of nitrogens with one attached hydrogen (secondary N) is 2. The van der Waals surface area contributed by atoms with Gasteiger partial charge in [0.2, 0.25) is 5.56 Å². The molecule has 1 unspecified atom stereocenters. The van der Waals surface area contributed by atoms with Gasteiger partial charge in [0.05, 0.1) is 0 Å². The molecule has 0 aliphatic carbocycles. The second-order valence-electron chi connectivity index (χ2n) is 3.76. The van der Waals surface area contributed by atoms with E-state index in [0.29, 0.717) is 13.0 Å². The summed E-state index contributed by atoms with van der Waals surface area (Å²) in [4.78, 5) is 25.0. The minimum Gasteiger partial charge on any atom is -0.396 e. The van der Waals surface area contributed by atoms with Crippen LogP contribution in [-0.4, -0.2) is 29.1 Å². The number of pyridine rings is 1. The molecule has 0 fully saturated rings. The van der Waals surface area contributed by atoms with Gasteiger partial charge >= 0.3 is 0 Å². The smallest absolute Gasteiger partial charge is 0.267 e. The maximum atomic E-state index is 11.6. The Morgan fingerprint density at radius 1 is 1.56 bits per heavy atom. The van der Waals surface area contributed by atoms with E-state index in [4.69, 9.17) is 5.11 Å². The molecule has 5 nitrogen and oxygen atoms in total. The summed E-state index contributed by atoms with van der Waals surface area (Å²) in [7, 11) is 0. The molecule has 16 heavy (non-hydrogen) atoms. The molecule has 0 aromatic carbocycles. The van der Waals surface area contributed by atoms with Crippen LogP contribution in [0.25, 0.3) is 0 Å². The first-order chi connectivity index (χ1) is 7.63. The van der Waals surface area contributed by atoms with Crippen molar-refractivity contribution in [2.45, 2.75) is 13.3 Å². The predicted molar refractivity (Wildman–Crippen MR) is 60.3 cm³/mol. The van der Waals surface area contributed by atoms with Crippen molar-refractivity contribution in [2.24, 2.45) is 5.92 Å². The quantitative estimate of drug-likeness (QED) is 0.664. The number of carbonyl (C=O) groups is 1. The van der Waals surface area contributed by atoms with E-state index in [9.17, 15) is 9.59 Å². The zero-order valence-corrected chi connectivity index (χ0v) is 9.19. The number of aromatic amines is 1. The van der Waals surface area contributed by atoms with Gasteiger partial charge < -0.3 is 15.4 Å². The van der Waals surface area contributed by atoms with Crippen molar-refractivity contribution in [2.75, 3.05) is 13.2 Å². The lowest BCUT2D eigenvalue weighted by atomic mass is 10.1. The summed E-state index contributed by atoms with van der Waals surface area (Å²) in [6, 6.07) is 4.43. The second-order valence-corrected chi connectivity index (χ2v) is 3.76. The van der Waals surface area contributed by atoms with Crippen LogP contribution >= 0.6 is 0 Å².